The summed E-state index contributed by atoms with van der Waals surface area (Å²) in [4.78, 5) is 4.28. The van der Waals surface area contributed by atoms with Gasteiger partial charge >= 0.3 is 0 Å². The summed E-state index contributed by atoms with van der Waals surface area (Å²) < 4.78 is 7.63. The molecule has 3 nitrogen and oxygen atoms in total. The zero-order chi connectivity index (χ0) is 13.2. The second kappa shape index (κ2) is 5.11. The molecule has 2 heterocycles. The minimum absolute atomic E-state index is 0.420. The van der Waals surface area contributed by atoms with E-state index in [9.17, 15) is 0 Å². The van der Waals surface area contributed by atoms with Gasteiger partial charge in [-0.2, -0.15) is 0 Å². The minimum Gasteiger partial charge on any atom is -0.487 e. The highest BCUT2D eigenvalue weighted by molar-refractivity contribution is 6.31. The molecular weight excluding hydrogens is 283 g/mol. The molecule has 0 unspecified atom stereocenters. The van der Waals surface area contributed by atoms with Crippen LogP contribution in [0.1, 0.15) is 5.69 Å². The molecule has 0 saturated carbocycles. The summed E-state index contributed by atoms with van der Waals surface area (Å²) in [5, 5.41) is 1.32. The number of nitrogens with zero attached hydrogens (tertiary/aromatic N) is 2. The Hall–Kier alpha value is -1.71. The van der Waals surface area contributed by atoms with Crippen molar-refractivity contribution in [2.75, 3.05) is 0 Å². The van der Waals surface area contributed by atoms with Crippen molar-refractivity contribution in [2.45, 2.75) is 6.61 Å². The fraction of sp³-hybridized carbons (Fsp3) is 0.0714. The number of hydrogen-bond acceptors (Lipinski definition) is 2. The molecule has 5 heteroatoms. The lowest BCUT2D eigenvalue weighted by Crippen LogP contribution is -1.99. The number of ether oxygens (including phenoxy) is 1. The molecule has 0 atom stereocenters. The van der Waals surface area contributed by atoms with Crippen molar-refractivity contribution in [2.24, 2.45) is 0 Å². The Morgan fingerprint density at radius 1 is 1.11 bits per heavy atom. The van der Waals surface area contributed by atoms with Gasteiger partial charge in [0.25, 0.3) is 0 Å². The SMILES string of the molecule is Clc1cccc(OCc2cnc3cc(Cl)ccn23)c1. The lowest BCUT2D eigenvalue weighted by molar-refractivity contribution is 0.300. The highest BCUT2D eigenvalue weighted by atomic mass is 35.5. The first-order valence-electron chi connectivity index (χ1n) is 5.72. The third-order valence-electron chi connectivity index (χ3n) is 2.73. The van der Waals surface area contributed by atoms with Gasteiger partial charge in [0, 0.05) is 16.2 Å². The Morgan fingerprint density at radius 2 is 1.95 bits per heavy atom. The van der Waals surface area contributed by atoms with Crippen molar-refractivity contribution in [1.29, 1.82) is 0 Å². The minimum atomic E-state index is 0.420. The van der Waals surface area contributed by atoms with Crippen LogP contribution < -0.4 is 4.74 Å². The monoisotopic (exact) mass is 292 g/mol. The van der Waals surface area contributed by atoms with E-state index in [4.69, 9.17) is 27.9 Å². The molecule has 2 aromatic heterocycles. The lowest BCUT2D eigenvalue weighted by Gasteiger charge is -2.06. The molecule has 0 aliphatic rings. The van der Waals surface area contributed by atoms with Gasteiger partial charge in [0.05, 0.1) is 11.9 Å². The third-order valence-corrected chi connectivity index (χ3v) is 3.20. The number of aromatic nitrogens is 2. The van der Waals surface area contributed by atoms with Gasteiger partial charge in [-0.05, 0) is 30.3 Å². The molecule has 0 aliphatic carbocycles. The van der Waals surface area contributed by atoms with Gasteiger partial charge in [0.1, 0.15) is 18.0 Å². The van der Waals surface area contributed by atoms with E-state index in [1.165, 1.54) is 0 Å². The first-order valence-corrected chi connectivity index (χ1v) is 6.48. The number of benzene rings is 1. The summed E-state index contributed by atoms with van der Waals surface area (Å²) >= 11 is 11.8. The van der Waals surface area contributed by atoms with Gasteiger partial charge in [-0.3, -0.25) is 0 Å². The molecule has 0 amide bonds. The topological polar surface area (TPSA) is 26.5 Å². The van der Waals surface area contributed by atoms with Crippen molar-refractivity contribution in [1.82, 2.24) is 9.38 Å². The Balaban J connectivity index is 1.82. The molecule has 3 rings (SSSR count). The van der Waals surface area contributed by atoms with Crippen molar-refractivity contribution in [3.05, 3.63) is 64.5 Å². The van der Waals surface area contributed by atoms with Crippen LogP contribution in [-0.4, -0.2) is 9.38 Å². The summed E-state index contributed by atoms with van der Waals surface area (Å²) in [6.45, 7) is 0.420. The van der Waals surface area contributed by atoms with E-state index in [-0.39, 0.29) is 0 Å². The van der Waals surface area contributed by atoms with E-state index >= 15 is 0 Å². The van der Waals surface area contributed by atoms with Crippen molar-refractivity contribution in [3.63, 3.8) is 0 Å². The van der Waals surface area contributed by atoms with Crippen LogP contribution in [0.3, 0.4) is 0 Å². The highest BCUT2D eigenvalue weighted by Gasteiger charge is 2.04. The fourth-order valence-corrected chi connectivity index (χ4v) is 2.16. The number of pyridine rings is 1. The van der Waals surface area contributed by atoms with Crippen LogP contribution in [0.4, 0.5) is 0 Å². The maximum absolute atomic E-state index is 5.92. The largest absolute Gasteiger partial charge is 0.487 e. The van der Waals surface area contributed by atoms with Gasteiger partial charge in [-0.1, -0.05) is 29.3 Å². The average molecular weight is 293 g/mol. The molecule has 3 aromatic rings. The zero-order valence-corrected chi connectivity index (χ0v) is 11.4. The summed E-state index contributed by atoms with van der Waals surface area (Å²) in [5.41, 5.74) is 1.75. The van der Waals surface area contributed by atoms with Gasteiger partial charge in [-0.25, -0.2) is 4.98 Å². The van der Waals surface area contributed by atoms with Crippen LogP contribution >= 0.6 is 23.2 Å². The molecule has 0 radical (unpaired) electrons. The Labute approximate surface area is 120 Å². The van der Waals surface area contributed by atoms with Crippen molar-refractivity contribution < 1.29 is 4.74 Å². The Bertz CT molecular complexity index is 724. The number of fused-ring (bicyclic) bond motifs is 1. The molecule has 1 aromatic carbocycles. The van der Waals surface area contributed by atoms with Gasteiger partial charge in [-0.15, -0.1) is 0 Å². The first kappa shape index (κ1) is 12.3. The first-order chi connectivity index (χ1) is 9.22. The molecule has 0 bridgehead atoms. The molecule has 0 aliphatic heterocycles. The lowest BCUT2D eigenvalue weighted by atomic mass is 10.3. The zero-order valence-electron chi connectivity index (χ0n) is 9.88. The summed E-state index contributed by atoms with van der Waals surface area (Å²) in [6.07, 6.45) is 3.65. The molecule has 0 fully saturated rings. The molecule has 19 heavy (non-hydrogen) atoms. The number of imidazole rings is 1. The Kier molecular flexibility index (Phi) is 3.32. The number of rotatable bonds is 3. The molecule has 96 valence electrons. The van der Waals surface area contributed by atoms with Crippen LogP contribution in [0.25, 0.3) is 5.65 Å². The maximum atomic E-state index is 5.92. The fourth-order valence-electron chi connectivity index (χ4n) is 1.83. The van der Waals surface area contributed by atoms with Crippen molar-refractivity contribution >= 4 is 28.8 Å². The predicted octanol–water partition coefficient (Wildman–Crippen LogP) is 4.22. The standard InChI is InChI=1S/C14H10Cl2N2O/c15-10-2-1-3-13(6-10)19-9-12-8-17-14-7-11(16)4-5-18(12)14/h1-8H,9H2. The van der Waals surface area contributed by atoms with Crippen molar-refractivity contribution in [3.8, 4) is 5.75 Å². The third kappa shape index (κ3) is 2.67. The van der Waals surface area contributed by atoms with Gasteiger partial charge in [0.2, 0.25) is 0 Å². The van der Waals surface area contributed by atoms with Gasteiger partial charge in [0.15, 0.2) is 0 Å². The van der Waals surface area contributed by atoms with E-state index in [0.717, 1.165) is 17.1 Å². The van der Waals surface area contributed by atoms with Crippen LogP contribution in [0.15, 0.2) is 48.8 Å². The van der Waals surface area contributed by atoms with E-state index in [1.807, 2.05) is 40.9 Å². The van der Waals surface area contributed by atoms with E-state index < -0.39 is 0 Å². The van der Waals surface area contributed by atoms with E-state index in [2.05, 4.69) is 4.98 Å². The van der Waals surface area contributed by atoms with Crippen LogP contribution in [0.2, 0.25) is 10.0 Å². The normalized spacial score (nSPS) is 10.8. The summed E-state index contributed by atoms with van der Waals surface area (Å²) in [5.74, 6) is 0.733. The average Bonchev–Trinajstić information content (AvgIpc) is 2.78. The summed E-state index contributed by atoms with van der Waals surface area (Å²) in [7, 11) is 0. The summed E-state index contributed by atoms with van der Waals surface area (Å²) in [6, 6.07) is 10.9. The smallest absolute Gasteiger partial charge is 0.138 e. The predicted molar refractivity (Wildman–Crippen MR) is 76.0 cm³/mol. The number of hydrogen-bond donors (Lipinski definition) is 0. The number of halogens is 2. The molecule has 0 spiro atoms. The molecular formula is C14H10Cl2N2O. The van der Waals surface area contributed by atoms with E-state index in [0.29, 0.717) is 16.7 Å². The highest BCUT2D eigenvalue weighted by Crippen LogP contribution is 2.19. The molecule has 0 N–H and O–H groups in total. The molecule has 0 saturated heterocycles. The quantitative estimate of drug-likeness (QED) is 0.722. The second-order valence-electron chi connectivity index (χ2n) is 4.07. The van der Waals surface area contributed by atoms with Crippen LogP contribution in [0, 0.1) is 0 Å². The van der Waals surface area contributed by atoms with Crippen LogP contribution in [0.5, 0.6) is 5.75 Å². The van der Waals surface area contributed by atoms with Crippen LogP contribution in [-0.2, 0) is 6.61 Å². The second-order valence-corrected chi connectivity index (χ2v) is 4.94. The maximum Gasteiger partial charge on any atom is 0.138 e. The van der Waals surface area contributed by atoms with E-state index in [1.54, 1.807) is 12.3 Å². The Morgan fingerprint density at radius 3 is 2.79 bits per heavy atom. The van der Waals surface area contributed by atoms with Gasteiger partial charge < -0.3 is 9.14 Å².